The van der Waals surface area contributed by atoms with Gasteiger partial charge < -0.3 is 5.32 Å². The molecule has 0 aliphatic carbocycles. The zero-order valence-electron chi connectivity index (χ0n) is 16.1. The number of rotatable bonds is 6. The highest BCUT2D eigenvalue weighted by atomic mass is 16.1. The van der Waals surface area contributed by atoms with Gasteiger partial charge in [0.1, 0.15) is 0 Å². The molecular formula is C24H26N2O. The highest BCUT2D eigenvalue weighted by Gasteiger charge is 2.15. The van der Waals surface area contributed by atoms with Gasteiger partial charge in [-0.05, 0) is 49.1 Å². The van der Waals surface area contributed by atoms with E-state index in [1.807, 2.05) is 50.2 Å². The lowest BCUT2D eigenvalue weighted by molar-refractivity contribution is -0.115. The van der Waals surface area contributed by atoms with E-state index in [0.717, 1.165) is 22.4 Å². The first-order chi connectivity index (χ1) is 13.0. The maximum atomic E-state index is 12.5. The molecule has 0 bridgehead atoms. The van der Waals surface area contributed by atoms with E-state index < -0.39 is 0 Å². The quantitative estimate of drug-likeness (QED) is 0.656. The molecule has 138 valence electrons. The molecule has 3 aromatic rings. The predicted molar refractivity (Wildman–Crippen MR) is 112 cm³/mol. The minimum Gasteiger partial charge on any atom is -0.325 e. The van der Waals surface area contributed by atoms with Gasteiger partial charge in [-0.2, -0.15) is 0 Å². The van der Waals surface area contributed by atoms with Crippen molar-refractivity contribution >= 4 is 11.6 Å². The third kappa shape index (κ3) is 4.83. The molecule has 1 amide bonds. The molecule has 0 radical (unpaired) electrons. The van der Waals surface area contributed by atoms with Crippen LogP contribution in [-0.2, 0) is 4.79 Å². The van der Waals surface area contributed by atoms with Gasteiger partial charge in [-0.15, -0.1) is 0 Å². The van der Waals surface area contributed by atoms with Gasteiger partial charge in [0.15, 0.2) is 0 Å². The fourth-order valence-electron chi connectivity index (χ4n) is 3.11. The molecule has 1 atom stereocenters. The molecule has 0 saturated heterocycles. The van der Waals surface area contributed by atoms with Gasteiger partial charge >= 0.3 is 0 Å². The first-order valence-electron chi connectivity index (χ1n) is 9.25. The summed E-state index contributed by atoms with van der Waals surface area (Å²) >= 11 is 0. The van der Waals surface area contributed by atoms with Crippen molar-refractivity contribution in [1.29, 1.82) is 0 Å². The molecule has 0 aliphatic rings. The zero-order valence-corrected chi connectivity index (χ0v) is 16.1. The standard InChI is InChI=1S/C24H26N2O/c1-17-12-14-21(15-13-17)24(20-9-5-4-6-10-20)25-16-23(27)26-22-11-7-8-18(2)19(22)3/h4-15,24-25H,16H2,1-3H3,(H,26,27)/t24-/m0/s1. The van der Waals surface area contributed by atoms with E-state index >= 15 is 0 Å². The minimum atomic E-state index is -0.0447. The van der Waals surface area contributed by atoms with Crippen molar-refractivity contribution in [2.75, 3.05) is 11.9 Å². The number of anilines is 1. The maximum absolute atomic E-state index is 12.5. The normalized spacial score (nSPS) is 11.8. The largest absolute Gasteiger partial charge is 0.325 e. The van der Waals surface area contributed by atoms with Crippen LogP contribution in [0, 0.1) is 20.8 Å². The van der Waals surface area contributed by atoms with Crippen LogP contribution in [0.3, 0.4) is 0 Å². The summed E-state index contributed by atoms with van der Waals surface area (Å²) in [5, 5.41) is 6.43. The van der Waals surface area contributed by atoms with E-state index in [2.05, 4.69) is 54.0 Å². The Kier molecular flexibility index (Phi) is 6.05. The molecule has 0 fully saturated rings. The molecule has 3 aromatic carbocycles. The number of hydrogen-bond acceptors (Lipinski definition) is 2. The zero-order chi connectivity index (χ0) is 19.2. The summed E-state index contributed by atoms with van der Waals surface area (Å²) in [6, 6.07) is 24.6. The van der Waals surface area contributed by atoms with Crippen molar-refractivity contribution < 1.29 is 4.79 Å². The topological polar surface area (TPSA) is 41.1 Å². The number of aryl methyl sites for hydroxylation is 2. The molecular weight excluding hydrogens is 332 g/mol. The molecule has 0 unspecified atom stereocenters. The summed E-state index contributed by atoms with van der Waals surface area (Å²) in [6.45, 7) is 6.39. The lowest BCUT2D eigenvalue weighted by atomic mass is 9.98. The fourth-order valence-corrected chi connectivity index (χ4v) is 3.11. The van der Waals surface area contributed by atoms with Gasteiger partial charge in [0.2, 0.25) is 5.91 Å². The van der Waals surface area contributed by atoms with Gasteiger partial charge in [-0.3, -0.25) is 10.1 Å². The molecule has 0 saturated carbocycles. The highest BCUT2D eigenvalue weighted by molar-refractivity contribution is 5.93. The number of carbonyl (C=O) groups is 1. The molecule has 27 heavy (non-hydrogen) atoms. The van der Waals surface area contributed by atoms with Crippen LogP contribution < -0.4 is 10.6 Å². The minimum absolute atomic E-state index is 0.0313. The van der Waals surface area contributed by atoms with Crippen LogP contribution in [0.5, 0.6) is 0 Å². The predicted octanol–water partition coefficient (Wildman–Crippen LogP) is 4.93. The molecule has 3 nitrogen and oxygen atoms in total. The summed E-state index contributed by atoms with van der Waals surface area (Å²) in [6.07, 6.45) is 0. The molecule has 0 spiro atoms. The average Bonchev–Trinajstić information content (AvgIpc) is 2.68. The van der Waals surface area contributed by atoms with Crippen LogP contribution in [0.1, 0.15) is 33.9 Å². The van der Waals surface area contributed by atoms with E-state index in [9.17, 15) is 4.79 Å². The second-order valence-corrected chi connectivity index (χ2v) is 6.93. The van der Waals surface area contributed by atoms with E-state index in [1.165, 1.54) is 11.1 Å². The number of carbonyl (C=O) groups excluding carboxylic acids is 1. The average molecular weight is 358 g/mol. The van der Waals surface area contributed by atoms with Crippen molar-refractivity contribution in [2.45, 2.75) is 26.8 Å². The van der Waals surface area contributed by atoms with E-state index in [4.69, 9.17) is 0 Å². The van der Waals surface area contributed by atoms with Gasteiger partial charge in [-0.1, -0.05) is 72.3 Å². The van der Waals surface area contributed by atoms with Crippen molar-refractivity contribution in [1.82, 2.24) is 5.32 Å². The van der Waals surface area contributed by atoms with Gasteiger partial charge in [-0.25, -0.2) is 0 Å². The molecule has 0 aromatic heterocycles. The number of hydrogen-bond donors (Lipinski definition) is 2. The van der Waals surface area contributed by atoms with Crippen LogP contribution >= 0.6 is 0 Å². The van der Waals surface area contributed by atoms with Crippen LogP contribution in [0.4, 0.5) is 5.69 Å². The Morgan fingerprint density at radius 2 is 1.48 bits per heavy atom. The molecule has 0 heterocycles. The van der Waals surface area contributed by atoms with Crippen molar-refractivity contribution in [3.8, 4) is 0 Å². The lowest BCUT2D eigenvalue weighted by Gasteiger charge is -2.20. The number of amides is 1. The Labute approximate surface area is 161 Å². The molecule has 3 rings (SSSR count). The molecule has 0 aliphatic heterocycles. The maximum Gasteiger partial charge on any atom is 0.238 e. The lowest BCUT2D eigenvalue weighted by Crippen LogP contribution is -2.32. The third-order valence-electron chi connectivity index (χ3n) is 4.89. The second kappa shape index (κ2) is 8.65. The smallest absolute Gasteiger partial charge is 0.238 e. The van der Waals surface area contributed by atoms with Crippen LogP contribution in [0.25, 0.3) is 0 Å². The van der Waals surface area contributed by atoms with Crippen molar-refractivity contribution in [2.24, 2.45) is 0 Å². The van der Waals surface area contributed by atoms with E-state index in [0.29, 0.717) is 0 Å². The third-order valence-corrected chi connectivity index (χ3v) is 4.89. The highest BCUT2D eigenvalue weighted by Crippen LogP contribution is 2.22. The molecule has 2 N–H and O–H groups in total. The molecule has 3 heteroatoms. The Bertz CT molecular complexity index is 901. The fraction of sp³-hybridized carbons (Fsp3) is 0.208. The van der Waals surface area contributed by atoms with Crippen LogP contribution in [0.2, 0.25) is 0 Å². The van der Waals surface area contributed by atoms with Crippen LogP contribution in [0.15, 0.2) is 72.8 Å². The summed E-state index contributed by atoms with van der Waals surface area (Å²) in [7, 11) is 0. The van der Waals surface area contributed by atoms with Gasteiger partial charge in [0.25, 0.3) is 0 Å². The number of benzene rings is 3. The summed E-state index contributed by atoms with van der Waals surface area (Å²) in [4.78, 5) is 12.5. The Morgan fingerprint density at radius 3 is 2.19 bits per heavy atom. The Balaban J connectivity index is 1.74. The summed E-state index contributed by atoms with van der Waals surface area (Å²) < 4.78 is 0. The monoisotopic (exact) mass is 358 g/mol. The summed E-state index contributed by atoms with van der Waals surface area (Å²) in [5.74, 6) is -0.0447. The first-order valence-corrected chi connectivity index (χ1v) is 9.25. The van der Waals surface area contributed by atoms with Gasteiger partial charge in [0.05, 0.1) is 12.6 Å². The van der Waals surface area contributed by atoms with E-state index in [1.54, 1.807) is 0 Å². The first kappa shape index (κ1) is 18.9. The SMILES string of the molecule is Cc1ccc([C@@H](NCC(=O)Nc2cccc(C)c2C)c2ccccc2)cc1. The summed E-state index contributed by atoms with van der Waals surface area (Å²) in [5.41, 5.74) is 6.64. The van der Waals surface area contributed by atoms with Crippen molar-refractivity contribution in [3.05, 3.63) is 101 Å². The Hall–Kier alpha value is -2.91. The van der Waals surface area contributed by atoms with Crippen LogP contribution in [-0.4, -0.2) is 12.5 Å². The Morgan fingerprint density at radius 1 is 0.815 bits per heavy atom. The second-order valence-electron chi connectivity index (χ2n) is 6.93. The van der Waals surface area contributed by atoms with E-state index in [-0.39, 0.29) is 18.5 Å². The van der Waals surface area contributed by atoms with Gasteiger partial charge in [0, 0.05) is 5.69 Å². The van der Waals surface area contributed by atoms with Crippen molar-refractivity contribution in [3.63, 3.8) is 0 Å². The number of nitrogens with one attached hydrogen (secondary N) is 2.